The number of rotatable bonds is 1. The highest BCUT2D eigenvalue weighted by molar-refractivity contribution is 9.10. The summed E-state index contributed by atoms with van der Waals surface area (Å²) in [6.45, 7) is 0.931. The van der Waals surface area contributed by atoms with E-state index in [0.29, 0.717) is 18.2 Å². The number of nitrogens with zero attached hydrogens (tertiary/aromatic N) is 4. The molecule has 0 saturated carbocycles. The number of carbonyl (C=O) groups is 1. The summed E-state index contributed by atoms with van der Waals surface area (Å²) < 4.78 is 2.75. The van der Waals surface area contributed by atoms with Gasteiger partial charge in [-0.2, -0.15) is 0 Å². The molecular weight excluding hydrogens is 323 g/mol. The van der Waals surface area contributed by atoms with Crippen molar-refractivity contribution in [3.05, 3.63) is 22.1 Å². The molecule has 0 aromatic carbocycles. The third-order valence-electron chi connectivity index (χ3n) is 3.04. The van der Waals surface area contributed by atoms with Gasteiger partial charge in [-0.1, -0.05) is 11.6 Å². The first-order valence-corrected chi connectivity index (χ1v) is 6.39. The first-order chi connectivity index (χ1) is 8.58. The molecule has 1 saturated heterocycles. The zero-order chi connectivity index (χ0) is 12.9. The van der Waals surface area contributed by atoms with E-state index in [9.17, 15) is 4.79 Å². The fourth-order valence-corrected chi connectivity index (χ4v) is 3.00. The van der Waals surface area contributed by atoms with E-state index in [2.05, 4.69) is 25.9 Å². The Balaban J connectivity index is 2.00. The van der Waals surface area contributed by atoms with Crippen LogP contribution in [0.1, 0.15) is 6.04 Å². The van der Waals surface area contributed by atoms with E-state index in [1.165, 1.54) is 11.2 Å². The van der Waals surface area contributed by atoms with Crippen LogP contribution in [0.2, 0.25) is 5.15 Å². The predicted octanol–water partition coefficient (Wildman–Crippen LogP) is 2.38. The van der Waals surface area contributed by atoms with Crippen LogP contribution in [0.3, 0.4) is 0 Å². The molecule has 0 radical (unpaired) electrons. The molecule has 0 aliphatic carbocycles. The van der Waals surface area contributed by atoms with Gasteiger partial charge in [0.2, 0.25) is 0 Å². The monoisotopic (exact) mass is 330 g/mol. The van der Waals surface area contributed by atoms with E-state index in [4.69, 9.17) is 16.7 Å². The van der Waals surface area contributed by atoms with Gasteiger partial charge in [0.1, 0.15) is 17.1 Å². The SMILES string of the molecule is O=C(O)N1CC(n2cc(Br)c3c(Cl)ncnc32)C1. The van der Waals surface area contributed by atoms with Crippen LogP contribution in [0, 0.1) is 0 Å². The van der Waals surface area contributed by atoms with Crippen LogP contribution in [-0.2, 0) is 0 Å². The fraction of sp³-hybridized carbons (Fsp3) is 0.300. The summed E-state index contributed by atoms with van der Waals surface area (Å²) in [7, 11) is 0. The number of hydrogen-bond acceptors (Lipinski definition) is 3. The first kappa shape index (κ1) is 11.7. The number of likely N-dealkylation sites (tertiary alicyclic amines) is 1. The molecule has 18 heavy (non-hydrogen) atoms. The van der Waals surface area contributed by atoms with Crippen molar-refractivity contribution in [3.63, 3.8) is 0 Å². The molecule has 94 valence electrons. The maximum atomic E-state index is 10.7. The number of fused-ring (bicyclic) bond motifs is 1. The predicted molar refractivity (Wildman–Crippen MR) is 68.9 cm³/mol. The summed E-state index contributed by atoms with van der Waals surface area (Å²) >= 11 is 9.44. The van der Waals surface area contributed by atoms with E-state index >= 15 is 0 Å². The maximum Gasteiger partial charge on any atom is 0.407 e. The maximum absolute atomic E-state index is 10.7. The van der Waals surface area contributed by atoms with E-state index in [0.717, 1.165) is 15.5 Å². The number of carboxylic acid groups (broad SMARTS) is 1. The van der Waals surface area contributed by atoms with Crippen molar-refractivity contribution < 1.29 is 9.90 Å². The van der Waals surface area contributed by atoms with Crippen molar-refractivity contribution in [2.45, 2.75) is 6.04 Å². The van der Waals surface area contributed by atoms with Gasteiger partial charge in [0.05, 0.1) is 11.4 Å². The second kappa shape index (κ2) is 4.10. The molecule has 2 aromatic rings. The molecule has 1 amide bonds. The van der Waals surface area contributed by atoms with Crippen LogP contribution in [0.4, 0.5) is 4.79 Å². The highest BCUT2D eigenvalue weighted by atomic mass is 79.9. The molecule has 8 heteroatoms. The number of halogens is 2. The molecule has 0 unspecified atom stereocenters. The molecule has 3 rings (SSSR count). The van der Waals surface area contributed by atoms with Crippen LogP contribution in [0.5, 0.6) is 0 Å². The van der Waals surface area contributed by atoms with Crippen molar-refractivity contribution >= 4 is 44.7 Å². The van der Waals surface area contributed by atoms with Gasteiger partial charge >= 0.3 is 6.09 Å². The lowest BCUT2D eigenvalue weighted by molar-refractivity contribution is 0.0869. The minimum atomic E-state index is -0.894. The molecule has 1 aliphatic heterocycles. The largest absolute Gasteiger partial charge is 0.465 e. The van der Waals surface area contributed by atoms with E-state index < -0.39 is 6.09 Å². The van der Waals surface area contributed by atoms with E-state index in [-0.39, 0.29) is 6.04 Å². The molecule has 0 spiro atoms. The summed E-state index contributed by atoms with van der Waals surface area (Å²) in [4.78, 5) is 20.2. The third kappa shape index (κ3) is 1.65. The zero-order valence-corrected chi connectivity index (χ0v) is 11.4. The van der Waals surface area contributed by atoms with Gasteiger partial charge in [-0.05, 0) is 15.9 Å². The van der Waals surface area contributed by atoms with Crippen molar-refractivity contribution in [3.8, 4) is 0 Å². The Kier molecular flexibility index (Phi) is 2.67. The van der Waals surface area contributed by atoms with Crippen LogP contribution >= 0.6 is 27.5 Å². The molecule has 0 bridgehead atoms. The molecule has 1 fully saturated rings. The second-order valence-electron chi connectivity index (χ2n) is 4.09. The fourth-order valence-electron chi connectivity index (χ4n) is 2.07. The first-order valence-electron chi connectivity index (χ1n) is 5.22. The molecule has 1 N–H and O–H groups in total. The summed E-state index contributed by atoms with van der Waals surface area (Å²) in [6, 6.07) is 0.0980. The topological polar surface area (TPSA) is 71.2 Å². The van der Waals surface area contributed by atoms with Crippen LogP contribution in [-0.4, -0.2) is 43.7 Å². The lowest BCUT2D eigenvalue weighted by Crippen LogP contribution is -2.50. The third-order valence-corrected chi connectivity index (χ3v) is 3.93. The molecule has 0 atom stereocenters. The van der Waals surface area contributed by atoms with Crippen molar-refractivity contribution in [1.29, 1.82) is 0 Å². The minimum absolute atomic E-state index is 0.0980. The summed E-state index contributed by atoms with van der Waals surface area (Å²) in [5.74, 6) is 0. The Morgan fingerprint density at radius 2 is 2.22 bits per heavy atom. The smallest absolute Gasteiger partial charge is 0.407 e. The molecule has 1 aliphatic rings. The number of amides is 1. The summed E-state index contributed by atoms with van der Waals surface area (Å²) in [6.07, 6.45) is 2.38. The average molecular weight is 332 g/mol. The average Bonchev–Trinajstić information content (AvgIpc) is 2.55. The normalized spacial score (nSPS) is 16.0. The Bertz CT molecular complexity index is 638. The van der Waals surface area contributed by atoms with Crippen LogP contribution < -0.4 is 0 Å². The Labute approximate surface area is 115 Å². The van der Waals surface area contributed by atoms with Gasteiger partial charge in [0, 0.05) is 23.8 Å². The lowest BCUT2D eigenvalue weighted by Gasteiger charge is -2.37. The van der Waals surface area contributed by atoms with Crippen molar-refractivity contribution in [1.82, 2.24) is 19.4 Å². The Morgan fingerprint density at radius 1 is 1.50 bits per heavy atom. The Hall–Kier alpha value is -1.34. The van der Waals surface area contributed by atoms with E-state index in [1.54, 1.807) is 0 Å². The van der Waals surface area contributed by atoms with Crippen LogP contribution in [0.15, 0.2) is 17.0 Å². The van der Waals surface area contributed by atoms with Gasteiger partial charge in [0.25, 0.3) is 0 Å². The lowest BCUT2D eigenvalue weighted by atomic mass is 10.1. The highest BCUT2D eigenvalue weighted by Crippen LogP contribution is 2.33. The van der Waals surface area contributed by atoms with E-state index in [1.807, 2.05) is 10.8 Å². The van der Waals surface area contributed by atoms with Gasteiger partial charge in [0.15, 0.2) is 0 Å². The highest BCUT2D eigenvalue weighted by Gasteiger charge is 2.33. The quantitative estimate of drug-likeness (QED) is 0.815. The van der Waals surface area contributed by atoms with Crippen molar-refractivity contribution in [2.24, 2.45) is 0 Å². The van der Waals surface area contributed by atoms with Gasteiger partial charge < -0.3 is 14.6 Å². The molecule has 6 nitrogen and oxygen atoms in total. The number of hydrogen-bond donors (Lipinski definition) is 1. The van der Waals surface area contributed by atoms with Crippen molar-refractivity contribution in [2.75, 3.05) is 13.1 Å². The standard InChI is InChI=1S/C10H8BrClN4O2/c11-6-3-16(5-1-15(2-5)10(17)18)9-7(6)8(12)13-4-14-9/h3-5H,1-2H2,(H,17,18). The second-order valence-corrected chi connectivity index (χ2v) is 5.30. The summed E-state index contributed by atoms with van der Waals surface area (Å²) in [5, 5.41) is 9.97. The van der Waals surface area contributed by atoms with Gasteiger partial charge in [-0.3, -0.25) is 0 Å². The zero-order valence-electron chi connectivity index (χ0n) is 9.05. The van der Waals surface area contributed by atoms with Gasteiger partial charge in [-0.15, -0.1) is 0 Å². The van der Waals surface area contributed by atoms with Gasteiger partial charge in [-0.25, -0.2) is 14.8 Å². The minimum Gasteiger partial charge on any atom is -0.465 e. The number of aromatic nitrogens is 3. The molecule has 2 aromatic heterocycles. The Morgan fingerprint density at radius 3 is 2.89 bits per heavy atom. The van der Waals surface area contributed by atoms with Crippen LogP contribution in [0.25, 0.3) is 11.0 Å². The molecular formula is C10H8BrClN4O2. The molecule has 3 heterocycles. The summed E-state index contributed by atoms with van der Waals surface area (Å²) in [5.41, 5.74) is 0.719.